The van der Waals surface area contributed by atoms with E-state index >= 15 is 0 Å². The Hall–Kier alpha value is -0.410. The first-order valence-electron chi connectivity index (χ1n) is 5.22. The number of nitrogens with one attached hydrogen (secondary N) is 1. The van der Waals surface area contributed by atoms with Crippen molar-refractivity contribution in [3.63, 3.8) is 0 Å². The van der Waals surface area contributed by atoms with Crippen LogP contribution in [0.5, 0.6) is 0 Å². The van der Waals surface area contributed by atoms with E-state index in [1.54, 1.807) is 6.20 Å². The fourth-order valence-corrected chi connectivity index (χ4v) is 2.98. The minimum Gasteiger partial charge on any atom is -0.380 e. The number of hydrogen-bond acceptors (Lipinski definition) is 3. The number of aromatic nitrogens is 1. The van der Waals surface area contributed by atoms with Gasteiger partial charge in [-0.25, -0.2) is 4.98 Å². The molecule has 1 aromatic rings. The highest BCUT2D eigenvalue weighted by atomic mass is 35.5. The predicted octanol–water partition coefficient (Wildman–Crippen LogP) is 3.35. The summed E-state index contributed by atoms with van der Waals surface area (Å²) in [5, 5.41) is 4.06. The van der Waals surface area contributed by atoms with E-state index in [0.717, 1.165) is 11.3 Å². The third-order valence-electron chi connectivity index (χ3n) is 2.56. The van der Waals surface area contributed by atoms with Crippen LogP contribution in [-0.4, -0.2) is 22.5 Å². The van der Waals surface area contributed by atoms with E-state index in [2.05, 4.69) is 16.4 Å². The quantitative estimate of drug-likeness (QED) is 0.806. The average molecular weight is 243 g/mol. The summed E-state index contributed by atoms with van der Waals surface area (Å²) in [7, 11) is 0. The van der Waals surface area contributed by atoms with E-state index in [4.69, 9.17) is 11.6 Å². The van der Waals surface area contributed by atoms with Crippen LogP contribution in [0, 0.1) is 6.92 Å². The van der Waals surface area contributed by atoms with Crippen molar-refractivity contribution in [2.75, 3.05) is 16.8 Å². The summed E-state index contributed by atoms with van der Waals surface area (Å²) in [5.74, 6) is 2.49. The van der Waals surface area contributed by atoms with Crippen molar-refractivity contribution < 1.29 is 0 Å². The maximum Gasteiger partial charge on any atom is 0.152 e. The van der Waals surface area contributed by atoms with Crippen molar-refractivity contribution in [2.24, 2.45) is 0 Å². The Morgan fingerprint density at radius 3 is 2.93 bits per heavy atom. The summed E-state index contributed by atoms with van der Waals surface area (Å²) >= 11 is 8.06. The third-order valence-corrected chi connectivity index (χ3v) is 3.91. The Labute approximate surface area is 99.8 Å². The third kappa shape index (κ3) is 3.02. The second-order valence-electron chi connectivity index (χ2n) is 3.88. The van der Waals surface area contributed by atoms with E-state index in [9.17, 15) is 0 Å². The van der Waals surface area contributed by atoms with E-state index < -0.39 is 0 Å². The summed E-state index contributed by atoms with van der Waals surface area (Å²) in [6.45, 7) is 2.03. The highest BCUT2D eigenvalue weighted by Crippen LogP contribution is 2.25. The molecular formula is C11H15ClN2S. The molecule has 2 heterocycles. The topological polar surface area (TPSA) is 24.9 Å². The molecule has 0 aliphatic carbocycles. The molecular weight excluding hydrogens is 228 g/mol. The van der Waals surface area contributed by atoms with Gasteiger partial charge >= 0.3 is 0 Å². The van der Waals surface area contributed by atoms with Crippen molar-refractivity contribution in [2.45, 2.75) is 25.8 Å². The molecule has 0 saturated carbocycles. The van der Waals surface area contributed by atoms with Gasteiger partial charge in [-0.3, -0.25) is 0 Å². The largest absolute Gasteiger partial charge is 0.380 e. The molecule has 0 bridgehead atoms. The van der Waals surface area contributed by atoms with Gasteiger partial charge in [-0.05, 0) is 42.9 Å². The van der Waals surface area contributed by atoms with Crippen molar-refractivity contribution in [3.05, 3.63) is 23.0 Å². The van der Waals surface area contributed by atoms with Crippen LogP contribution in [0.3, 0.4) is 0 Å². The SMILES string of the molecule is Cc1cnc(Cl)c(NC2CCSCC2)c1. The molecule has 0 atom stereocenters. The number of anilines is 1. The lowest BCUT2D eigenvalue weighted by Crippen LogP contribution is -2.24. The van der Waals surface area contributed by atoms with Gasteiger partial charge in [-0.2, -0.15) is 11.8 Å². The van der Waals surface area contributed by atoms with Gasteiger partial charge in [0.1, 0.15) is 0 Å². The van der Waals surface area contributed by atoms with Gasteiger partial charge in [0.15, 0.2) is 5.15 Å². The average Bonchev–Trinajstić information content (AvgIpc) is 2.25. The highest BCUT2D eigenvalue weighted by Gasteiger charge is 2.14. The predicted molar refractivity (Wildman–Crippen MR) is 68.0 cm³/mol. The molecule has 15 heavy (non-hydrogen) atoms. The van der Waals surface area contributed by atoms with Gasteiger partial charge in [0.2, 0.25) is 0 Å². The molecule has 0 spiro atoms. The lowest BCUT2D eigenvalue weighted by molar-refractivity contribution is 0.666. The summed E-state index contributed by atoms with van der Waals surface area (Å²) in [6, 6.07) is 2.63. The standard InChI is InChI=1S/C11H15ClN2S/c1-8-6-10(11(12)13-7-8)14-9-2-4-15-5-3-9/h6-7,9,14H,2-5H2,1H3. The van der Waals surface area contributed by atoms with Crippen molar-refractivity contribution in [3.8, 4) is 0 Å². The van der Waals surface area contributed by atoms with Crippen LogP contribution in [0.1, 0.15) is 18.4 Å². The van der Waals surface area contributed by atoms with E-state index in [0.29, 0.717) is 11.2 Å². The number of thioether (sulfide) groups is 1. The minimum absolute atomic E-state index is 0.562. The molecule has 1 aliphatic heterocycles. The Morgan fingerprint density at radius 1 is 1.47 bits per heavy atom. The van der Waals surface area contributed by atoms with E-state index in [-0.39, 0.29) is 0 Å². The molecule has 1 aromatic heterocycles. The first-order chi connectivity index (χ1) is 7.25. The Bertz CT molecular complexity index is 337. The van der Waals surface area contributed by atoms with Crippen molar-refractivity contribution in [1.82, 2.24) is 4.98 Å². The fourth-order valence-electron chi connectivity index (χ4n) is 1.72. The number of rotatable bonds is 2. The van der Waals surface area contributed by atoms with Crippen LogP contribution in [0.2, 0.25) is 5.15 Å². The summed E-state index contributed by atoms with van der Waals surface area (Å²) < 4.78 is 0. The number of halogens is 1. The maximum absolute atomic E-state index is 6.04. The molecule has 82 valence electrons. The Morgan fingerprint density at radius 2 is 2.20 bits per heavy atom. The van der Waals surface area contributed by atoms with Crippen molar-refractivity contribution >= 4 is 29.1 Å². The first-order valence-corrected chi connectivity index (χ1v) is 6.75. The van der Waals surface area contributed by atoms with E-state index in [1.165, 1.54) is 24.3 Å². The van der Waals surface area contributed by atoms with Crippen molar-refractivity contribution in [1.29, 1.82) is 0 Å². The van der Waals surface area contributed by atoms with Gasteiger partial charge < -0.3 is 5.32 Å². The fraction of sp³-hybridized carbons (Fsp3) is 0.545. The van der Waals surface area contributed by atoms with Gasteiger partial charge in [-0.1, -0.05) is 11.6 Å². The zero-order chi connectivity index (χ0) is 10.7. The zero-order valence-electron chi connectivity index (χ0n) is 8.79. The molecule has 1 N–H and O–H groups in total. The molecule has 1 fully saturated rings. The van der Waals surface area contributed by atoms with Gasteiger partial charge in [-0.15, -0.1) is 0 Å². The highest BCUT2D eigenvalue weighted by molar-refractivity contribution is 7.99. The first kappa shape index (κ1) is 11.1. The van der Waals surface area contributed by atoms with Crippen LogP contribution in [0.4, 0.5) is 5.69 Å². The summed E-state index contributed by atoms with van der Waals surface area (Å²) in [4.78, 5) is 4.14. The molecule has 2 rings (SSSR count). The Balaban J connectivity index is 2.05. The molecule has 0 radical (unpaired) electrons. The Kier molecular flexibility index (Phi) is 3.76. The number of pyridine rings is 1. The number of nitrogens with zero attached hydrogens (tertiary/aromatic N) is 1. The molecule has 0 amide bonds. The second kappa shape index (κ2) is 5.08. The zero-order valence-corrected chi connectivity index (χ0v) is 10.4. The van der Waals surface area contributed by atoms with Crippen LogP contribution in [0.25, 0.3) is 0 Å². The minimum atomic E-state index is 0.562. The molecule has 1 saturated heterocycles. The molecule has 2 nitrogen and oxygen atoms in total. The van der Waals surface area contributed by atoms with Crippen LogP contribution >= 0.6 is 23.4 Å². The van der Waals surface area contributed by atoms with Gasteiger partial charge in [0.05, 0.1) is 5.69 Å². The van der Waals surface area contributed by atoms with Crippen LogP contribution in [-0.2, 0) is 0 Å². The molecule has 0 unspecified atom stereocenters. The lowest BCUT2D eigenvalue weighted by atomic mass is 10.1. The normalized spacial score (nSPS) is 17.7. The van der Waals surface area contributed by atoms with Crippen LogP contribution < -0.4 is 5.32 Å². The molecule has 4 heteroatoms. The lowest BCUT2D eigenvalue weighted by Gasteiger charge is -2.24. The number of aryl methyl sites for hydroxylation is 1. The summed E-state index contributed by atoms with van der Waals surface area (Å²) in [5.41, 5.74) is 2.13. The van der Waals surface area contributed by atoms with E-state index in [1.807, 2.05) is 18.7 Å². The van der Waals surface area contributed by atoms with Gasteiger partial charge in [0.25, 0.3) is 0 Å². The monoisotopic (exact) mass is 242 g/mol. The van der Waals surface area contributed by atoms with Crippen LogP contribution in [0.15, 0.2) is 12.3 Å². The summed E-state index contributed by atoms with van der Waals surface area (Å²) in [6.07, 6.45) is 4.23. The number of hydrogen-bond donors (Lipinski definition) is 1. The molecule has 0 aromatic carbocycles. The smallest absolute Gasteiger partial charge is 0.152 e. The maximum atomic E-state index is 6.04. The molecule has 1 aliphatic rings. The second-order valence-corrected chi connectivity index (χ2v) is 5.46. The van der Waals surface area contributed by atoms with Gasteiger partial charge in [0, 0.05) is 12.2 Å².